The summed E-state index contributed by atoms with van der Waals surface area (Å²) < 4.78 is 5.77. The van der Waals surface area contributed by atoms with E-state index in [0.717, 1.165) is 38.7 Å². The van der Waals surface area contributed by atoms with Crippen LogP contribution in [0.25, 0.3) is 0 Å². The fourth-order valence-electron chi connectivity index (χ4n) is 2.40. The molecule has 1 rings (SSSR count). The third-order valence-corrected chi connectivity index (χ3v) is 3.82. The Hall–Kier alpha value is -0.370. The van der Waals surface area contributed by atoms with Gasteiger partial charge >= 0.3 is 0 Å². The van der Waals surface area contributed by atoms with Gasteiger partial charge in [-0.15, -0.1) is 0 Å². The molecule has 2 heteroatoms. The number of hydrogen-bond donors (Lipinski definition) is 0. The molecule has 0 amide bonds. The van der Waals surface area contributed by atoms with Crippen molar-refractivity contribution in [1.82, 2.24) is 0 Å². The summed E-state index contributed by atoms with van der Waals surface area (Å²) in [7, 11) is 0. The number of hydrogen-bond acceptors (Lipinski definition) is 2. The molecule has 0 saturated carbocycles. The first kappa shape index (κ1) is 13.7. The van der Waals surface area contributed by atoms with Gasteiger partial charge in [-0.1, -0.05) is 26.7 Å². The van der Waals surface area contributed by atoms with Gasteiger partial charge in [0.25, 0.3) is 0 Å². The maximum atomic E-state index is 12.0. The minimum absolute atomic E-state index is 0.0522. The first-order valence-corrected chi connectivity index (χ1v) is 6.78. The van der Waals surface area contributed by atoms with Crippen LogP contribution in [0, 0.1) is 5.92 Å². The highest BCUT2D eigenvalue weighted by Crippen LogP contribution is 2.32. The summed E-state index contributed by atoms with van der Waals surface area (Å²) in [6, 6.07) is 0. The largest absolute Gasteiger partial charge is 0.375 e. The zero-order valence-electron chi connectivity index (χ0n) is 11.1. The van der Waals surface area contributed by atoms with Crippen LogP contribution in [-0.4, -0.2) is 18.0 Å². The van der Waals surface area contributed by atoms with E-state index in [1.54, 1.807) is 0 Å². The van der Waals surface area contributed by atoms with Crippen LogP contribution in [0.4, 0.5) is 0 Å². The van der Waals surface area contributed by atoms with E-state index in [1.807, 2.05) is 0 Å². The van der Waals surface area contributed by atoms with Gasteiger partial charge in [0.1, 0.15) is 5.78 Å². The van der Waals surface area contributed by atoms with Crippen molar-refractivity contribution >= 4 is 5.78 Å². The molecule has 0 N–H and O–H groups in total. The molecule has 0 spiro atoms. The van der Waals surface area contributed by atoms with Gasteiger partial charge in [0.15, 0.2) is 0 Å². The Morgan fingerprint density at radius 1 is 1.38 bits per heavy atom. The van der Waals surface area contributed by atoms with Gasteiger partial charge in [-0.25, -0.2) is 0 Å². The van der Waals surface area contributed by atoms with E-state index >= 15 is 0 Å². The normalized spacial score (nSPS) is 30.3. The third kappa shape index (κ3) is 3.89. The second-order valence-electron chi connectivity index (χ2n) is 5.27. The Morgan fingerprint density at radius 3 is 2.75 bits per heavy atom. The maximum absolute atomic E-state index is 12.0. The average molecular weight is 226 g/mol. The van der Waals surface area contributed by atoms with Crippen LogP contribution >= 0.6 is 0 Å². The number of rotatable bonds is 6. The Morgan fingerprint density at radius 2 is 2.12 bits per heavy atom. The lowest BCUT2D eigenvalue weighted by molar-refractivity contribution is -0.135. The summed E-state index contributed by atoms with van der Waals surface area (Å²) in [5, 5.41) is 0. The quantitative estimate of drug-likeness (QED) is 0.645. The van der Waals surface area contributed by atoms with Crippen molar-refractivity contribution < 1.29 is 9.53 Å². The van der Waals surface area contributed by atoms with Crippen molar-refractivity contribution in [2.24, 2.45) is 5.92 Å². The highest BCUT2D eigenvalue weighted by Gasteiger charge is 2.34. The summed E-state index contributed by atoms with van der Waals surface area (Å²) in [5.74, 6) is 0.729. The molecule has 2 atom stereocenters. The standard InChI is InChI=1S/C14H26O2/c1-4-6-7-8-13(15)12-9-10-16-14(3,5-2)11-12/h12H,4-11H2,1-3H3. The molecule has 0 bridgehead atoms. The van der Waals surface area contributed by atoms with Crippen LogP contribution in [0.15, 0.2) is 0 Å². The van der Waals surface area contributed by atoms with Gasteiger partial charge < -0.3 is 4.74 Å². The average Bonchev–Trinajstić information content (AvgIpc) is 2.29. The zero-order chi connectivity index (χ0) is 12.0. The Balaban J connectivity index is 2.38. The molecule has 1 heterocycles. The molecule has 0 aromatic carbocycles. The van der Waals surface area contributed by atoms with Crippen molar-refractivity contribution in [2.75, 3.05) is 6.61 Å². The van der Waals surface area contributed by atoms with Gasteiger partial charge in [-0.05, 0) is 32.6 Å². The van der Waals surface area contributed by atoms with Crippen molar-refractivity contribution in [2.45, 2.75) is 71.3 Å². The predicted molar refractivity (Wildman–Crippen MR) is 66.5 cm³/mol. The van der Waals surface area contributed by atoms with Crippen LogP contribution in [0.1, 0.15) is 65.7 Å². The fourth-order valence-corrected chi connectivity index (χ4v) is 2.40. The summed E-state index contributed by atoms with van der Waals surface area (Å²) in [4.78, 5) is 12.0. The van der Waals surface area contributed by atoms with Crippen LogP contribution in [0.3, 0.4) is 0 Å². The van der Waals surface area contributed by atoms with E-state index < -0.39 is 0 Å². The van der Waals surface area contributed by atoms with Crippen LogP contribution in [0.2, 0.25) is 0 Å². The number of carbonyl (C=O) groups excluding carboxylic acids is 1. The molecule has 16 heavy (non-hydrogen) atoms. The maximum Gasteiger partial charge on any atom is 0.136 e. The number of unbranched alkanes of at least 4 members (excludes halogenated alkanes) is 2. The topological polar surface area (TPSA) is 26.3 Å². The minimum Gasteiger partial charge on any atom is -0.375 e. The molecule has 1 saturated heterocycles. The predicted octanol–water partition coefficient (Wildman–Crippen LogP) is 3.73. The Bertz CT molecular complexity index is 225. The van der Waals surface area contributed by atoms with E-state index in [1.165, 1.54) is 12.8 Å². The summed E-state index contributed by atoms with van der Waals surface area (Å²) >= 11 is 0. The van der Waals surface area contributed by atoms with Crippen molar-refractivity contribution in [1.29, 1.82) is 0 Å². The van der Waals surface area contributed by atoms with E-state index in [2.05, 4.69) is 20.8 Å². The second-order valence-corrected chi connectivity index (χ2v) is 5.27. The third-order valence-electron chi connectivity index (χ3n) is 3.82. The van der Waals surface area contributed by atoms with Crippen molar-refractivity contribution in [3.63, 3.8) is 0 Å². The summed E-state index contributed by atoms with van der Waals surface area (Å²) in [5.41, 5.74) is -0.0522. The lowest BCUT2D eigenvalue weighted by atomic mass is 9.82. The van der Waals surface area contributed by atoms with E-state index in [0.29, 0.717) is 5.78 Å². The van der Waals surface area contributed by atoms with Gasteiger partial charge in [0.05, 0.1) is 5.60 Å². The van der Waals surface area contributed by atoms with Crippen molar-refractivity contribution in [3.05, 3.63) is 0 Å². The van der Waals surface area contributed by atoms with E-state index in [9.17, 15) is 4.79 Å². The second kappa shape index (κ2) is 6.39. The summed E-state index contributed by atoms with van der Waals surface area (Å²) in [6.45, 7) is 7.21. The smallest absolute Gasteiger partial charge is 0.136 e. The molecule has 1 aliphatic heterocycles. The first-order valence-electron chi connectivity index (χ1n) is 6.78. The molecule has 0 radical (unpaired) electrons. The van der Waals surface area contributed by atoms with Gasteiger partial charge in [0.2, 0.25) is 0 Å². The molecular formula is C14H26O2. The highest BCUT2D eigenvalue weighted by atomic mass is 16.5. The highest BCUT2D eigenvalue weighted by molar-refractivity contribution is 5.81. The molecule has 0 aromatic heterocycles. The SMILES string of the molecule is CCCCCC(=O)C1CCOC(C)(CC)C1. The van der Waals surface area contributed by atoms with Crippen LogP contribution in [0.5, 0.6) is 0 Å². The molecule has 2 unspecified atom stereocenters. The van der Waals surface area contributed by atoms with Gasteiger partial charge in [-0.3, -0.25) is 4.79 Å². The molecule has 1 aliphatic rings. The number of Topliss-reactive ketones (excluding diaryl/α,β-unsaturated/α-hetero) is 1. The Labute approximate surface area is 99.8 Å². The molecule has 0 aliphatic carbocycles. The number of ether oxygens (including phenoxy) is 1. The van der Waals surface area contributed by atoms with Crippen LogP contribution in [-0.2, 0) is 9.53 Å². The lowest BCUT2D eigenvalue weighted by Crippen LogP contribution is -2.39. The van der Waals surface area contributed by atoms with Crippen molar-refractivity contribution in [3.8, 4) is 0 Å². The molecule has 0 aromatic rings. The van der Waals surface area contributed by atoms with Gasteiger partial charge in [-0.2, -0.15) is 0 Å². The first-order chi connectivity index (χ1) is 7.61. The molecular weight excluding hydrogens is 200 g/mol. The monoisotopic (exact) mass is 226 g/mol. The summed E-state index contributed by atoms with van der Waals surface area (Å²) in [6.07, 6.45) is 7.07. The fraction of sp³-hybridized carbons (Fsp3) is 0.929. The lowest BCUT2D eigenvalue weighted by Gasteiger charge is -2.37. The Kier molecular flexibility index (Phi) is 5.47. The van der Waals surface area contributed by atoms with Gasteiger partial charge in [0, 0.05) is 18.9 Å². The number of ketones is 1. The van der Waals surface area contributed by atoms with Crippen LogP contribution < -0.4 is 0 Å². The zero-order valence-corrected chi connectivity index (χ0v) is 11.1. The van der Waals surface area contributed by atoms with E-state index in [4.69, 9.17) is 4.74 Å². The number of carbonyl (C=O) groups is 1. The van der Waals surface area contributed by atoms with E-state index in [-0.39, 0.29) is 11.5 Å². The minimum atomic E-state index is -0.0522. The molecule has 94 valence electrons. The molecule has 1 fully saturated rings. The molecule has 2 nitrogen and oxygen atoms in total.